The van der Waals surface area contributed by atoms with Crippen LogP contribution in [0.15, 0.2) is 29.3 Å². The first-order valence-corrected chi connectivity index (χ1v) is 13.1. The fourth-order valence-electron chi connectivity index (χ4n) is 6.54. The second-order valence-corrected chi connectivity index (χ2v) is 10.8. The third-order valence-corrected chi connectivity index (χ3v) is 8.30. The van der Waals surface area contributed by atoms with Crippen LogP contribution in [-0.4, -0.2) is 66.6 Å². The number of aliphatic hydroxyl groups excluding tert-OH is 2. The van der Waals surface area contributed by atoms with Crippen LogP contribution in [0.1, 0.15) is 71.7 Å². The number of hydrogen-bond acceptors (Lipinski definition) is 11. The van der Waals surface area contributed by atoms with Crippen LogP contribution in [0.4, 0.5) is 0 Å². The minimum atomic E-state index is -1.51. The average molecular weight is 564 g/mol. The maximum Gasteiger partial charge on any atom is 0.196 e. The number of benzene rings is 3. The summed E-state index contributed by atoms with van der Waals surface area (Å²) in [7, 11) is 0. The molecule has 0 amide bonds. The monoisotopic (exact) mass is 563 g/mol. The van der Waals surface area contributed by atoms with Crippen molar-refractivity contribution in [1.82, 2.24) is 0 Å². The standard InChI is InChI=1S/C30H28O11/c1-8-17-23(26(35)10(3)40-8)20(13-5-12(31)6-14(32)19(13)28(17)37)21-15(33)7-16(34)22-24(21)30(39)25-18(29(22)38)9(2)41-11(4)27(25)36/h5-11,26-27,31-37H,1-4H3/p-1/t8-,9-,10-,11-,26-,27-/m1/s1. The highest BCUT2D eigenvalue weighted by Gasteiger charge is 2.47. The lowest BCUT2D eigenvalue weighted by Crippen LogP contribution is -2.45. The van der Waals surface area contributed by atoms with Crippen molar-refractivity contribution in [2.75, 3.05) is 0 Å². The van der Waals surface area contributed by atoms with Crippen LogP contribution in [0, 0.1) is 0 Å². The molecular weight excluding hydrogens is 536 g/mol. The van der Waals surface area contributed by atoms with E-state index < -0.39 is 88.1 Å². The van der Waals surface area contributed by atoms with Crippen molar-refractivity contribution in [3.63, 3.8) is 0 Å². The number of ketones is 2. The summed E-state index contributed by atoms with van der Waals surface area (Å²) in [4.78, 5) is 28.0. The van der Waals surface area contributed by atoms with E-state index in [2.05, 4.69) is 0 Å². The molecule has 41 heavy (non-hydrogen) atoms. The zero-order chi connectivity index (χ0) is 29.8. The molecule has 2 heterocycles. The normalized spacial score (nSPS) is 27.6. The van der Waals surface area contributed by atoms with E-state index in [0.717, 1.165) is 18.2 Å². The van der Waals surface area contributed by atoms with Gasteiger partial charge in [0.15, 0.2) is 11.6 Å². The molecule has 0 radical (unpaired) electrons. The van der Waals surface area contributed by atoms with Crippen LogP contribution in [0.5, 0.6) is 28.7 Å². The Kier molecular flexibility index (Phi) is 5.88. The first-order chi connectivity index (χ1) is 19.3. The minimum absolute atomic E-state index is 0.0313. The largest absolute Gasteiger partial charge is 0.872 e. The Bertz CT molecular complexity index is 1740. The quantitative estimate of drug-likeness (QED) is 0.255. The Morgan fingerprint density at radius 2 is 1.24 bits per heavy atom. The van der Waals surface area contributed by atoms with Crippen LogP contribution in [0.25, 0.3) is 21.9 Å². The summed E-state index contributed by atoms with van der Waals surface area (Å²) in [5.74, 6) is -4.82. The third-order valence-electron chi connectivity index (χ3n) is 8.30. The number of carbonyl (C=O) groups excluding carboxylic acids is 2. The number of ether oxygens (including phenoxy) is 2. The summed E-state index contributed by atoms with van der Waals surface area (Å²) in [6.07, 6.45) is -6.50. The molecule has 6 atom stereocenters. The predicted molar refractivity (Wildman–Crippen MR) is 141 cm³/mol. The highest BCUT2D eigenvalue weighted by molar-refractivity contribution is 6.32. The van der Waals surface area contributed by atoms with Crippen LogP contribution in [0.3, 0.4) is 0 Å². The van der Waals surface area contributed by atoms with Gasteiger partial charge in [-0.3, -0.25) is 9.59 Å². The number of aliphatic hydroxyl groups is 2. The van der Waals surface area contributed by atoms with E-state index in [4.69, 9.17) is 9.47 Å². The van der Waals surface area contributed by atoms with Gasteiger partial charge in [-0.05, 0) is 50.3 Å². The zero-order valence-corrected chi connectivity index (χ0v) is 22.4. The fourth-order valence-corrected chi connectivity index (χ4v) is 6.54. The zero-order valence-electron chi connectivity index (χ0n) is 22.4. The second-order valence-electron chi connectivity index (χ2n) is 10.8. The molecule has 6 rings (SSSR count). The molecule has 3 aromatic carbocycles. The number of phenols is 4. The number of aromatic hydroxyl groups is 4. The fraction of sp³-hybridized carbons (Fsp3) is 0.333. The van der Waals surface area contributed by atoms with Crippen molar-refractivity contribution in [1.29, 1.82) is 0 Å². The Morgan fingerprint density at radius 3 is 1.93 bits per heavy atom. The smallest absolute Gasteiger partial charge is 0.196 e. The number of carbonyl (C=O) groups is 2. The molecule has 6 N–H and O–H groups in total. The summed E-state index contributed by atoms with van der Waals surface area (Å²) in [6, 6.07) is 2.95. The predicted octanol–water partition coefficient (Wildman–Crippen LogP) is 2.76. The van der Waals surface area contributed by atoms with Gasteiger partial charge in [-0.25, -0.2) is 0 Å². The van der Waals surface area contributed by atoms with Gasteiger partial charge >= 0.3 is 0 Å². The molecule has 3 aromatic rings. The lowest BCUT2D eigenvalue weighted by molar-refractivity contribution is -0.269. The van der Waals surface area contributed by atoms with Gasteiger partial charge in [0, 0.05) is 45.4 Å². The molecule has 0 unspecified atom stereocenters. The van der Waals surface area contributed by atoms with Gasteiger partial charge < -0.3 is 45.2 Å². The molecule has 0 fully saturated rings. The van der Waals surface area contributed by atoms with E-state index in [0.29, 0.717) is 0 Å². The van der Waals surface area contributed by atoms with Crippen LogP contribution in [0.2, 0.25) is 0 Å². The molecule has 2 aliphatic heterocycles. The Hall–Kier alpha value is -4.16. The highest BCUT2D eigenvalue weighted by Crippen LogP contribution is 2.56. The van der Waals surface area contributed by atoms with Crippen molar-refractivity contribution in [3.8, 4) is 39.9 Å². The maximum atomic E-state index is 14.2. The molecule has 0 saturated heterocycles. The highest BCUT2D eigenvalue weighted by atomic mass is 16.5. The first-order valence-electron chi connectivity index (χ1n) is 13.1. The Labute approximate surface area is 233 Å². The molecular formula is C30H27O11-. The summed E-state index contributed by atoms with van der Waals surface area (Å²) in [5.41, 5.74) is -1.83. The van der Waals surface area contributed by atoms with Gasteiger partial charge in [0.2, 0.25) is 0 Å². The molecule has 0 aromatic heterocycles. The number of fused-ring (bicyclic) bond motifs is 3. The number of hydrogen-bond donors (Lipinski definition) is 6. The van der Waals surface area contributed by atoms with E-state index in [-0.39, 0.29) is 44.2 Å². The van der Waals surface area contributed by atoms with Crippen molar-refractivity contribution in [2.24, 2.45) is 0 Å². The third kappa shape index (κ3) is 3.53. The van der Waals surface area contributed by atoms with Crippen molar-refractivity contribution in [3.05, 3.63) is 51.6 Å². The second kappa shape index (κ2) is 8.92. The summed E-state index contributed by atoms with van der Waals surface area (Å²) >= 11 is 0. The Balaban J connectivity index is 1.82. The molecule has 214 valence electrons. The van der Waals surface area contributed by atoms with E-state index in [1.165, 1.54) is 13.8 Å². The summed E-state index contributed by atoms with van der Waals surface area (Å²) < 4.78 is 11.4. The maximum absolute atomic E-state index is 14.2. The molecule has 0 saturated carbocycles. The van der Waals surface area contributed by atoms with Crippen LogP contribution in [-0.2, 0) is 9.47 Å². The van der Waals surface area contributed by atoms with Crippen molar-refractivity contribution < 1.29 is 54.8 Å². The van der Waals surface area contributed by atoms with E-state index in [1.54, 1.807) is 13.8 Å². The van der Waals surface area contributed by atoms with Gasteiger partial charge in [-0.2, -0.15) is 0 Å². The van der Waals surface area contributed by atoms with Crippen molar-refractivity contribution in [2.45, 2.75) is 64.3 Å². The first kappa shape index (κ1) is 27.0. The van der Waals surface area contributed by atoms with E-state index in [9.17, 15) is 45.3 Å². The average Bonchev–Trinajstić information content (AvgIpc) is 2.87. The minimum Gasteiger partial charge on any atom is -0.872 e. The van der Waals surface area contributed by atoms with Gasteiger partial charge in [-0.1, -0.05) is 5.75 Å². The van der Waals surface area contributed by atoms with E-state index >= 15 is 0 Å². The van der Waals surface area contributed by atoms with Crippen LogP contribution < -0.4 is 5.11 Å². The molecule has 0 bridgehead atoms. The number of Topliss-reactive ketones (excluding diaryl/α,β-unsaturated/α-hetero) is 2. The summed E-state index contributed by atoms with van der Waals surface area (Å²) in [6.45, 7) is 6.19. The topological polar surface area (TPSA) is 197 Å². The SMILES string of the molecule is C[C@H]1O[C@H](C)[C@@H](O)C2=C1C(=O)c1c(O)cc(O)c(-c3c4c(c([O-])c5c(O)cc(O)cc35)[C@@H](C)O[C@H](C)[C@H]4O)c1C2=O. The summed E-state index contributed by atoms with van der Waals surface area (Å²) in [5, 5.41) is 78.9. The molecule has 11 nitrogen and oxygen atoms in total. The molecule has 3 aliphatic rings. The van der Waals surface area contributed by atoms with Gasteiger partial charge in [-0.15, -0.1) is 0 Å². The van der Waals surface area contributed by atoms with Gasteiger partial charge in [0.05, 0.1) is 30.0 Å². The Morgan fingerprint density at radius 1 is 0.659 bits per heavy atom. The molecule has 11 heteroatoms. The van der Waals surface area contributed by atoms with Crippen molar-refractivity contribution >= 4 is 22.3 Å². The molecule has 0 spiro atoms. The van der Waals surface area contributed by atoms with E-state index in [1.807, 2.05) is 0 Å². The lowest BCUT2D eigenvalue weighted by atomic mass is 9.73. The number of phenolic OH excluding ortho intramolecular Hbond substituents is 4. The molecule has 1 aliphatic carbocycles. The van der Waals surface area contributed by atoms with Crippen LogP contribution >= 0.6 is 0 Å². The number of rotatable bonds is 1. The van der Waals surface area contributed by atoms with Gasteiger partial charge in [0.1, 0.15) is 35.2 Å². The van der Waals surface area contributed by atoms with Gasteiger partial charge in [0.25, 0.3) is 0 Å². The lowest BCUT2D eigenvalue weighted by Gasteiger charge is -2.39.